The summed E-state index contributed by atoms with van der Waals surface area (Å²) in [7, 11) is 0. The van der Waals surface area contributed by atoms with Crippen LogP contribution in [0.15, 0.2) is 24.3 Å². The molecular formula is C26H39FN2O3. The van der Waals surface area contributed by atoms with E-state index in [9.17, 15) is 19.1 Å². The lowest BCUT2D eigenvalue weighted by atomic mass is 9.51. The monoisotopic (exact) mass is 446 g/mol. The van der Waals surface area contributed by atoms with Gasteiger partial charge in [0.05, 0.1) is 6.10 Å². The van der Waals surface area contributed by atoms with Crippen molar-refractivity contribution in [1.29, 1.82) is 0 Å². The van der Waals surface area contributed by atoms with Gasteiger partial charge in [-0.1, -0.05) is 26.8 Å². The summed E-state index contributed by atoms with van der Waals surface area (Å²) in [4.78, 5) is 27.6. The first kappa shape index (κ1) is 24.7. The molecule has 2 aliphatic carbocycles. The number of hydrogen-bond donors (Lipinski definition) is 2. The van der Waals surface area contributed by atoms with E-state index in [-0.39, 0.29) is 46.9 Å². The van der Waals surface area contributed by atoms with Crippen LogP contribution in [0.5, 0.6) is 0 Å². The van der Waals surface area contributed by atoms with Crippen molar-refractivity contribution in [3.05, 3.63) is 35.6 Å². The number of aliphatic hydroxyl groups is 1. The van der Waals surface area contributed by atoms with Crippen LogP contribution in [0, 0.1) is 34.9 Å². The molecule has 5 nitrogen and oxygen atoms in total. The van der Waals surface area contributed by atoms with E-state index in [2.05, 4.69) is 19.2 Å². The molecule has 6 heteroatoms. The zero-order valence-corrected chi connectivity index (χ0v) is 20.1. The molecule has 0 aromatic heterocycles. The Morgan fingerprint density at radius 2 is 1.91 bits per heavy atom. The summed E-state index contributed by atoms with van der Waals surface area (Å²) in [6.07, 6.45) is 2.98. The van der Waals surface area contributed by atoms with Crippen molar-refractivity contribution in [2.45, 2.75) is 72.4 Å². The lowest BCUT2D eigenvalue weighted by molar-refractivity contribution is -0.149. The molecule has 2 aliphatic rings. The predicted molar refractivity (Wildman–Crippen MR) is 123 cm³/mol. The Kier molecular flexibility index (Phi) is 7.64. The summed E-state index contributed by atoms with van der Waals surface area (Å²) in [5, 5.41) is 14.6. The summed E-state index contributed by atoms with van der Waals surface area (Å²) in [6.45, 7) is 11.6. The van der Waals surface area contributed by atoms with Gasteiger partial charge in [0.25, 0.3) is 5.91 Å². The lowest BCUT2D eigenvalue weighted by Crippen LogP contribution is -2.58. The third kappa shape index (κ3) is 4.70. The third-order valence-electron chi connectivity index (χ3n) is 8.40. The highest BCUT2D eigenvalue weighted by atomic mass is 19.1. The summed E-state index contributed by atoms with van der Waals surface area (Å²) in [6, 6.07) is 5.63. The number of carbonyl (C=O) groups excluding carboxylic acids is 2. The maximum atomic E-state index is 13.6. The Hall–Kier alpha value is -1.95. The van der Waals surface area contributed by atoms with Crippen molar-refractivity contribution in [3.63, 3.8) is 0 Å². The molecule has 2 N–H and O–H groups in total. The van der Waals surface area contributed by atoms with Gasteiger partial charge in [0.15, 0.2) is 0 Å². The minimum atomic E-state index is -0.591. The van der Waals surface area contributed by atoms with Crippen LogP contribution in [0.25, 0.3) is 0 Å². The number of halogens is 1. The van der Waals surface area contributed by atoms with E-state index >= 15 is 0 Å². The second kappa shape index (κ2) is 9.90. The molecule has 2 fully saturated rings. The fourth-order valence-electron chi connectivity index (χ4n) is 6.39. The summed E-state index contributed by atoms with van der Waals surface area (Å²) >= 11 is 0. The van der Waals surface area contributed by atoms with E-state index in [0.717, 1.165) is 25.7 Å². The van der Waals surface area contributed by atoms with Crippen LogP contribution in [0.4, 0.5) is 4.39 Å². The van der Waals surface area contributed by atoms with Crippen molar-refractivity contribution < 1.29 is 19.1 Å². The molecule has 0 heterocycles. The molecule has 1 aromatic carbocycles. The van der Waals surface area contributed by atoms with E-state index in [1.54, 1.807) is 6.07 Å². The van der Waals surface area contributed by atoms with Gasteiger partial charge in [-0.3, -0.25) is 9.59 Å². The van der Waals surface area contributed by atoms with Gasteiger partial charge in [0.1, 0.15) is 5.82 Å². The van der Waals surface area contributed by atoms with E-state index < -0.39 is 11.9 Å². The quantitative estimate of drug-likeness (QED) is 0.686. The van der Waals surface area contributed by atoms with Gasteiger partial charge < -0.3 is 15.3 Å². The van der Waals surface area contributed by atoms with Gasteiger partial charge in [0, 0.05) is 30.6 Å². The molecule has 0 bridgehead atoms. The minimum Gasteiger partial charge on any atom is -0.392 e. The molecule has 0 radical (unpaired) electrons. The first-order valence-corrected chi connectivity index (χ1v) is 12.2. The smallest absolute Gasteiger partial charge is 0.251 e. The van der Waals surface area contributed by atoms with E-state index in [1.165, 1.54) is 18.2 Å². The molecular weight excluding hydrogens is 407 g/mol. The van der Waals surface area contributed by atoms with E-state index in [0.29, 0.717) is 18.7 Å². The minimum absolute atomic E-state index is 0.000220. The first-order valence-electron chi connectivity index (χ1n) is 12.2. The van der Waals surface area contributed by atoms with Crippen LogP contribution in [0.3, 0.4) is 0 Å². The molecule has 7 atom stereocenters. The summed E-state index contributed by atoms with van der Waals surface area (Å²) < 4.78 is 13.6. The van der Waals surface area contributed by atoms with Gasteiger partial charge in [-0.25, -0.2) is 4.39 Å². The Bertz CT molecular complexity index is 827. The maximum absolute atomic E-state index is 13.6. The van der Waals surface area contributed by atoms with Crippen LogP contribution in [0.1, 0.15) is 70.7 Å². The SMILES string of the molecule is CCN(CC)C(=O)[C@@H](C)C1CC[C@@]2(C)CC[C@H](NC(=O)c3cccc(F)c3)[C@@H](C)[C@@H]2[C@H]1O. The maximum Gasteiger partial charge on any atom is 0.251 e. The molecule has 2 amide bonds. The second-order valence-corrected chi connectivity index (χ2v) is 10.2. The van der Waals surface area contributed by atoms with Gasteiger partial charge in [-0.15, -0.1) is 0 Å². The number of benzene rings is 1. The average molecular weight is 447 g/mol. The van der Waals surface area contributed by atoms with Crippen LogP contribution in [-0.2, 0) is 4.79 Å². The average Bonchev–Trinajstić information content (AvgIpc) is 2.76. The number of hydrogen-bond acceptors (Lipinski definition) is 3. The number of fused-ring (bicyclic) bond motifs is 1. The highest BCUT2D eigenvalue weighted by Gasteiger charge is 2.54. The molecule has 1 aromatic rings. The van der Waals surface area contributed by atoms with Gasteiger partial charge in [0.2, 0.25) is 5.91 Å². The van der Waals surface area contributed by atoms with Crippen LogP contribution in [-0.4, -0.2) is 47.1 Å². The topological polar surface area (TPSA) is 69.6 Å². The Labute approximate surface area is 191 Å². The van der Waals surface area contributed by atoms with Gasteiger partial charge >= 0.3 is 0 Å². The zero-order valence-electron chi connectivity index (χ0n) is 20.1. The molecule has 0 saturated heterocycles. The highest BCUT2D eigenvalue weighted by molar-refractivity contribution is 5.94. The van der Waals surface area contributed by atoms with Crippen LogP contribution < -0.4 is 5.32 Å². The summed E-state index contributed by atoms with van der Waals surface area (Å²) in [5.41, 5.74) is 0.305. The number of nitrogens with one attached hydrogen (secondary N) is 1. The Morgan fingerprint density at radius 3 is 2.53 bits per heavy atom. The van der Waals surface area contributed by atoms with Crippen molar-refractivity contribution in [2.24, 2.45) is 29.1 Å². The van der Waals surface area contributed by atoms with Gasteiger partial charge in [-0.2, -0.15) is 0 Å². The number of aliphatic hydroxyl groups excluding tert-OH is 1. The fourth-order valence-corrected chi connectivity index (χ4v) is 6.39. The standard InChI is InChI=1S/C26H39FN2O3/c1-6-29(7-2)25(32)16(3)20-11-13-26(5)14-12-21(17(4)22(26)23(20)30)28-24(31)18-9-8-10-19(27)15-18/h8-10,15-17,20-23,30H,6-7,11-14H2,1-5H3,(H,28,31)/t16-,17+,20?,21-,22+,23-,26-/m0/s1. The molecule has 178 valence electrons. The van der Waals surface area contributed by atoms with E-state index in [1.807, 2.05) is 25.7 Å². The molecule has 1 unspecified atom stereocenters. The molecule has 0 spiro atoms. The number of rotatable bonds is 6. The largest absolute Gasteiger partial charge is 0.392 e. The number of nitrogens with zero attached hydrogens (tertiary/aromatic N) is 1. The molecule has 2 saturated carbocycles. The third-order valence-corrected chi connectivity index (χ3v) is 8.40. The molecule has 3 rings (SSSR count). The van der Waals surface area contributed by atoms with E-state index in [4.69, 9.17) is 0 Å². The lowest BCUT2D eigenvalue weighted by Gasteiger charge is -2.56. The molecule has 32 heavy (non-hydrogen) atoms. The van der Waals surface area contributed by atoms with Crippen molar-refractivity contribution >= 4 is 11.8 Å². The Morgan fingerprint density at radius 1 is 1.25 bits per heavy atom. The zero-order chi connectivity index (χ0) is 23.6. The number of carbonyl (C=O) groups is 2. The van der Waals surface area contributed by atoms with Crippen molar-refractivity contribution in [3.8, 4) is 0 Å². The Balaban J connectivity index is 1.76. The predicted octanol–water partition coefficient (Wildman–Crippen LogP) is 4.25. The van der Waals surface area contributed by atoms with Crippen molar-refractivity contribution in [2.75, 3.05) is 13.1 Å². The highest BCUT2D eigenvalue weighted by Crippen LogP contribution is 2.55. The fraction of sp³-hybridized carbons (Fsp3) is 0.692. The van der Waals surface area contributed by atoms with Crippen LogP contribution >= 0.6 is 0 Å². The van der Waals surface area contributed by atoms with Gasteiger partial charge in [-0.05, 0) is 80.9 Å². The first-order chi connectivity index (χ1) is 15.1. The van der Waals surface area contributed by atoms with Crippen LogP contribution in [0.2, 0.25) is 0 Å². The normalized spacial score (nSPS) is 33.2. The van der Waals surface area contributed by atoms with Crippen molar-refractivity contribution in [1.82, 2.24) is 10.2 Å². The number of amides is 2. The molecule has 0 aliphatic heterocycles. The summed E-state index contributed by atoms with van der Waals surface area (Å²) in [5.74, 6) is -0.858. The second-order valence-electron chi connectivity index (χ2n) is 10.2.